The fourth-order valence-electron chi connectivity index (χ4n) is 3.81. The van der Waals surface area contributed by atoms with Crippen molar-refractivity contribution in [2.75, 3.05) is 43.5 Å². The monoisotopic (exact) mass is 464 g/mol. The Labute approximate surface area is 182 Å². The van der Waals surface area contributed by atoms with Crippen molar-refractivity contribution < 1.29 is 26.4 Å². The average molecular weight is 465 g/mol. The molecule has 0 N–H and O–H groups in total. The van der Waals surface area contributed by atoms with Gasteiger partial charge in [0.05, 0.1) is 28.8 Å². The van der Waals surface area contributed by atoms with Crippen LogP contribution in [-0.2, 0) is 31.0 Å². The molecule has 1 saturated heterocycles. The van der Waals surface area contributed by atoms with E-state index in [4.69, 9.17) is 4.74 Å². The Hall–Kier alpha value is -2.27. The van der Waals surface area contributed by atoms with Crippen molar-refractivity contribution in [1.82, 2.24) is 4.31 Å². The van der Waals surface area contributed by atoms with Crippen LogP contribution in [0.5, 0.6) is 0 Å². The standard InChI is InChI=1S/C21H24N2O6S2/c1-2-30(25,26)18-5-3-16(4-6-18)21(24)23-10-9-17-15-19(7-8-20(17)23)31(27,28)22-11-13-29-14-12-22/h3-8,15H,2,9-14H2,1H3. The molecule has 2 aliphatic rings. The maximum atomic E-state index is 13.0. The third-order valence-corrected chi connectivity index (χ3v) is 9.29. The van der Waals surface area contributed by atoms with Gasteiger partial charge in [0, 0.05) is 30.9 Å². The number of hydrogen-bond donors (Lipinski definition) is 0. The lowest BCUT2D eigenvalue weighted by Crippen LogP contribution is -2.40. The molecule has 10 heteroatoms. The van der Waals surface area contributed by atoms with Crippen LogP contribution in [0.25, 0.3) is 0 Å². The normalized spacial score (nSPS) is 17.5. The Morgan fingerprint density at radius 2 is 1.58 bits per heavy atom. The Bertz CT molecular complexity index is 1200. The molecule has 166 valence electrons. The van der Waals surface area contributed by atoms with Gasteiger partial charge >= 0.3 is 0 Å². The molecule has 0 radical (unpaired) electrons. The molecule has 2 aromatic carbocycles. The first-order valence-electron chi connectivity index (χ1n) is 10.1. The van der Waals surface area contributed by atoms with Crippen LogP contribution in [0.1, 0.15) is 22.8 Å². The van der Waals surface area contributed by atoms with E-state index in [0.717, 1.165) is 5.56 Å². The number of nitrogens with zero attached hydrogens (tertiary/aromatic N) is 2. The quantitative estimate of drug-likeness (QED) is 0.668. The number of carbonyl (C=O) groups excluding carboxylic acids is 1. The molecule has 0 aromatic heterocycles. The number of sulfone groups is 1. The van der Waals surface area contributed by atoms with Gasteiger partial charge in [0.2, 0.25) is 10.0 Å². The predicted molar refractivity (Wildman–Crippen MR) is 116 cm³/mol. The van der Waals surface area contributed by atoms with Crippen LogP contribution in [0.4, 0.5) is 5.69 Å². The first-order chi connectivity index (χ1) is 14.7. The van der Waals surface area contributed by atoms with Crippen molar-refractivity contribution in [1.29, 1.82) is 0 Å². The SMILES string of the molecule is CCS(=O)(=O)c1ccc(C(=O)N2CCc3cc(S(=O)(=O)N4CCOCC4)ccc32)cc1. The molecule has 0 bridgehead atoms. The van der Waals surface area contributed by atoms with E-state index < -0.39 is 19.9 Å². The molecule has 2 heterocycles. The number of carbonyl (C=O) groups is 1. The highest BCUT2D eigenvalue weighted by Gasteiger charge is 2.30. The number of hydrogen-bond acceptors (Lipinski definition) is 6. The fraction of sp³-hybridized carbons (Fsp3) is 0.381. The largest absolute Gasteiger partial charge is 0.379 e. The second kappa shape index (κ2) is 8.34. The van der Waals surface area contributed by atoms with E-state index in [1.807, 2.05) is 0 Å². The number of morpholine rings is 1. The minimum Gasteiger partial charge on any atom is -0.379 e. The molecule has 1 fully saturated rings. The molecule has 4 rings (SSSR count). The summed E-state index contributed by atoms with van der Waals surface area (Å²) in [6.45, 7) is 3.42. The van der Waals surface area contributed by atoms with Crippen molar-refractivity contribution in [2.24, 2.45) is 0 Å². The summed E-state index contributed by atoms with van der Waals surface area (Å²) in [5.41, 5.74) is 1.86. The van der Waals surface area contributed by atoms with E-state index in [0.29, 0.717) is 50.5 Å². The summed E-state index contributed by atoms with van der Waals surface area (Å²) >= 11 is 0. The molecule has 8 nitrogen and oxygen atoms in total. The van der Waals surface area contributed by atoms with E-state index >= 15 is 0 Å². The van der Waals surface area contributed by atoms with E-state index in [2.05, 4.69) is 0 Å². The lowest BCUT2D eigenvalue weighted by atomic mass is 10.1. The minimum absolute atomic E-state index is 0.00448. The molecule has 0 saturated carbocycles. The topological polar surface area (TPSA) is 101 Å². The van der Waals surface area contributed by atoms with E-state index in [1.165, 1.54) is 34.6 Å². The van der Waals surface area contributed by atoms with E-state index in [9.17, 15) is 21.6 Å². The van der Waals surface area contributed by atoms with Gasteiger partial charge in [-0.25, -0.2) is 16.8 Å². The number of benzene rings is 2. The van der Waals surface area contributed by atoms with Gasteiger partial charge in [0.1, 0.15) is 0 Å². The van der Waals surface area contributed by atoms with Crippen LogP contribution in [0.15, 0.2) is 52.3 Å². The van der Waals surface area contributed by atoms with Crippen molar-refractivity contribution in [3.63, 3.8) is 0 Å². The second-order valence-electron chi connectivity index (χ2n) is 7.44. The molecule has 2 aromatic rings. The fourth-order valence-corrected chi connectivity index (χ4v) is 6.16. The summed E-state index contributed by atoms with van der Waals surface area (Å²) in [7, 11) is -6.93. The predicted octanol–water partition coefficient (Wildman–Crippen LogP) is 1.70. The smallest absolute Gasteiger partial charge is 0.258 e. The zero-order valence-corrected chi connectivity index (χ0v) is 18.8. The summed E-state index contributed by atoms with van der Waals surface area (Å²) < 4.78 is 56.4. The molecule has 31 heavy (non-hydrogen) atoms. The molecular weight excluding hydrogens is 440 g/mol. The van der Waals surface area contributed by atoms with Crippen molar-refractivity contribution in [3.05, 3.63) is 53.6 Å². The molecule has 0 unspecified atom stereocenters. The Balaban J connectivity index is 1.57. The molecule has 0 aliphatic carbocycles. The summed E-state index contributed by atoms with van der Waals surface area (Å²) in [4.78, 5) is 15.0. The van der Waals surface area contributed by atoms with Gasteiger partial charge in [-0.05, 0) is 54.4 Å². The number of rotatable bonds is 5. The van der Waals surface area contributed by atoms with Crippen LogP contribution in [0.2, 0.25) is 0 Å². The second-order valence-corrected chi connectivity index (χ2v) is 11.7. The highest BCUT2D eigenvalue weighted by molar-refractivity contribution is 7.91. The number of ether oxygens (including phenoxy) is 1. The molecule has 1 amide bonds. The van der Waals surface area contributed by atoms with Crippen LogP contribution in [0.3, 0.4) is 0 Å². The van der Waals surface area contributed by atoms with Gasteiger partial charge in [-0.15, -0.1) is 0 Å². The number of anilines is 1. The first-order valence-corrected chi connectivity index (χ1v) is 13.2. The van der Waals surface area contributed by atoms with Crippen LogP contribution >= 0.6 is 0 Å². The van der Waals surface area contributed by atoms with Crippen LogP contribution in [0, 0.1) is 0 Å². The molecule has 0 spiro atoms. The third kappa shape index (κ3) is 4.12. The van der Waals surface area contributed by atoms with E-state index in [1.54, 1.807) is 24.0 Å². The first kappa shape index (κ1) is 21.9. The van der Waals surface area contributed by atoms with Gasteiger partial charge in [0.15, 0.2) is 9.84 Å². The summed E-state index contributed by atoms with van der Waals surface area (Å²) in [5, 5.41) is 0. The molecule has 0 atom stereocenters. The number of sulfonamides is 1. The Morgan fingerprint density at radius 1 is 0.935 bits per heavy atom. The maximum absolute atomic E-state index is 13.0. The van der Waals surface area contributed by atoms with E-state index in [-0.39, 0.29) is 21.5 Å². The van der Waals surface area contributed by atoms with Crippen LogP contribution < -0.4 is 4.90 Å². The lowest BCUT2D eigenvalue weighted by molar-refractivity contribution is 0.0730. The minimum atomic E-state index is -3.60. The zero-order valence-electron chi connectivity index (χ0n) is 17.2. The molecular formula is C21H24N2O6S2. The number of amides is 1. The summed E-state index contributed by atoms with van der Waals surface area (Å²) in [6.07, 6.45) is 0.551. The third-order valence-electron chi connectivity index (χ3n) is 5.64. The van der Waals surface area contributed by atoms with Gasteiger partial charge in [0.25, 0.3) is 5.91 Å². The highest BCUT2D eigenvalue weighted by atomic mass is 32.2. The van der Waals surface area contributed by atoms with Crippen molar-refractivity contribution >= 4 is 31.5 Å². The molecule has 2 aliphatic heterocycles. The van der Waals surface area contributed by atoms with Crippen molar-refractivity contribution in [2.45, 2.75) is 23.1 Å². The maximum Gasteiger partial charge on any atom is 0.258 e. The van der Waals surface area contributed by atoms with Crippen molar-refractivity contribution in [3.8, 4) is 0 Å². The van der Waals surface area contributed by atoms with Gasteiger partial charge < -0.3 is 9.64 Å². The average Bonchev–Trinajstić information content (AvgIpc) is 3.22. The van der Waals surface area contributed by atoms with Gasteiger partial charge in [-0.3, -0.25) is 4.79 Å². The Kier molecular flexibility index (Phi) is 5.91. The van der Waals surface area contributed by atoms with Gasteiger partial charge in [-0.2, -0.15) is 4.31 Å². The summed E-state index contributed by atoms with van der Waals surface area (Å²) in [6, 6.07) is 10.8. The summed E-state index contributed by atoms with van der Waals surface area (Å²) in [5.74, 6) is -0.252. The number of fused-ring (bicyclic) bond motifs is 1. The van der Waals surface area contributed by atoms with Crippen LogP contribution in [-0.4, -0.2) is 65.6 Å². The lowest BCUT2D eigenvalue weighted by Gasteiger charge is -2.26. The zero-order chi connectivity index (χ0) is 22.2. The Morgan fingerprint density at radius 3 is 2.23 bits per heavy atom. The highest BCUT2D eigenvalue weighted by Crippen LogP contribution is 2.32. The van der Waals surface area contributed by atoms with Gasteiger partial charge in [-0.1, -0.05) is 6.92 Å².